The number of piperazine rings is 1. The summed E-state index contributed by atoms with van der Waals surface area (Å²) in [5.74, 6) is 1.28. The van der Waals surface area contributed by atoms with Crippen LogP contribution < -0.4 is 14.5 Å². The van der Waals surface area contributed by atoms with Gasteiger partial charge in [0, 0.05) is 57.1 Å². The first-order valence-electron chi connectivity index (χ1n) is 12.9. The topological polar surface area (TPSA) is 69.1 Å². The van der Waals surface area contributed by atoms with E-state index in [9.17, 15) is 14.3 Å². The molecule has 7 nitrogen and oxygen atoms in total. The lowest BCUT2D eigenvalue weighted by atomic mass is 9.98. The number of aromatic nitrogens is 1. The molecule has 2 aliphatic rings. The maximum atomic E-state index is 13.8. The summed E-state index contributed by atoms with van der Waals surface area (Å²) in [6.07, 6.45) is 1.89. The maximum Gasteiger partial charge on any atom is 0.257 e. The Labute approximate surface area is 217 Å². The number of hydrogen-bond acceptors (Lipinski definition) is 6. The number of amides is 1. The molecule has 1 atom stereocenters. The van der Waals surface area contributed by atoms with E-state index >= 15 is 0 Å². The van der Waals surface area contributed by atoms with E-state index in [4.69, 9.17) is 9.72 Å². The predicted octanol–water partition coefficient (Wildman–Crippen LogP) is 4.07. The zero-order valence-corrected chi connectivity index (χ0v) is 21.1. The number of carbonyl (C=O) groups is 1. The molecule has 5 rings (SSSR count). The third-order valence-electron chi connectivity index (χ3n) is 7.33. The molecule has 3 heterocycles. The highest BCUT2D eigenvalue weighted by Crippen LogP contribution is 2.30. The third-order valence-corrected chi connectivity index (χ3v) is 7.33. The van der Waals surface area contributed by atoms with Crippen LogP contribution in [0.5, 0.6) is 5.75 Å². The van der Waals surface area contributed by atoms with Gasteiger partial charge in [0.25, 0.3) is 5.91 Å². The molecule has 2 aliphatic heterocycles. The van der Waals surface area contributed by atoms with Crippen LogP contribution in [0.2, 0.25) is 0 Å². The Morgan fingerprint density at radius 1 is 0.973 bits per heavy atom. The zero-order valence-electron chi connectivity index (χ0n) is 21.1. The molecule has 0 spiro atoms. The fraction of sp³-hybridized carbons (Fsp3) is 0.379. The van der Waals surface area contributed by atoms with Crippen LogP contribution in [0.15, 0.2) is 60.7 Å². The number of rotatable bonds is 6. The number of aliphatic hydroxyl groups is 1. The smallest absolute Gasteiger partial charge is 0.257 e. The van der Waals surface area contributed by atoms with Gasteiger partial charge >= 0.3 is 0 Å². The Balaban J connectivity index is 1.38. The monoisotopic (exact) mass is 504 g/mol. The van der Waals surface area contributed by atoms with Gasteiger partial charge in [-0.15, -0.1) is 0 Å². The molecule has 0 bridgehead atoms. The standard InChI is InChI=1S/C29H33FN4O3/c1-37-25-10-8-24(9-11-25)32-15-17-33(18-16-32)29(36)26-12-13-27(22-4-6-23(30)7-5-22)31-28(26)34-14-2-3-21(19-34)20-35/h4-13,21,35H,2-3,14-20H2,1H3. The number of hydrogen-bond donors (Lipinski definition) is 1. The van der Waals surface area contributed by atoms with E-state index in [1.54, 1.807) is 19.2 Å². The molecule has 3 aromatic rings. The minimum atomic E-state index is -0.300. The second-order valence-electron chi connectivity index (χ2n) is 9.69. The molecule has 1 N–H and O–H groups in total. The molecule has 194 valence electrons. The fourth-order valence-corrected chi connectivity index (χ4v) is 5.18. The van der Waals surface area contributed by atoms with Crippen LogP contribution in [-0.4, -0.2) is 73.9 Å². The summed E-state index contributed by atoms with van der Waals surface area (Å²) in [5, 5.41) is 9.78. The van der Waals surface area contributed by atoms with Gasteiger partial charge in [-0.1, -0.05) is 0 Å². The van der Waals surface area contributed by atoms with Crippen molar-refractivity contribution >= 4 is 17.4 Å². The van der Waals surface area contributed by atoms with Crippen LogP contribution in [-0.2, 0) is 0 Å². The highest BCUT2D eigenvalue weighted by molar-refractivity contribution is 5.99. The number of methoxy groups -OCH3 is 1. The fourth-order valence-electron chi connectivity index (χ4n) is 5.18. The molecular weight excluding hydrogens is 471 g/mol. The summed E-state index contributed by atoms with van der Waals surface area (Å²) < 4.78 is 18.7. The molecule has 0 radical (unpaired) electrons. The second kappa shape index (κ2) is 11.2. The molecule has 0 aliphatic carbocycles. The molecule has 2 saturated heterocycles. The lowest BCUT2D eigenvalue weighted by Gasteiger charge is -2.37. The van der Waals surface area contributed by atoms with Gasteiger partial charge in [0.05, 0.1) is 18.4 Å². The van der Waals surface area contributed by atoms with Crippen LogP contribution in [0, 0.1) is 11.7 Å². The van der Waals surface area contributed by atoms with Crippen molar-refractivity contribution in [3.63, 3.8) is 0 Å². The minimum absolute atomic E-state index is 0.0336. The largest absolute Gasteiger partial charge is 0.497 e. The number of piperidine rings is 1. The highest BCUT2D eigenvalue weighted by atomic mass is 19.1. The van der Waals surface area contributed by atoms with Gasteiger partial charge in [-0.2, -0.15) is 0 Å². The molecule has 1 unspecified atom stereocenters. The van der Waals surface area contributed by atoms with E-state index in [-0.39, 0.29) is 24.2 Å². The molecule has 8 heteroatoms. The summed E-state index contributed by atoms with van der Waals surface area (Å²) in [4.78, 5) is 25.0. The summed E-state index contributed by atoms with van der Waals surface area (Å²) in [5.41, 5.74) is 3.18. The Kier molecular flexibility index (Phi) is 7.55. The first kappa shape index (κ1) is 25.0. The van der Waals surface area contributed by atoms with Gasteiger partial charge in [0.2, 0.25) is 0 Å². The number of benzene rings is 2. The third kappa shape index (κ3) is 5.54. The van der Waals surface area contributed by atoms with Gasteiger partial charge in [0.15, 0.2) is 0 Å². The first-order chi connectivity index (χ1) is 18.1. The predicted molar refractivity (Wildman–Crippen MR) is 143 cm³/mol. The summed E-state index contributed by atoms with van der Waals surface area (Å²) in [7, 11) is 1.66. The van der Waals surface area contributed by atoms with E-state index in [1.807, 2.05) is 41.3 Å². The summed E-state index contributed by atoms with van der Waals surface area (Å²) in [6, 6.07) is 17.9. The van der Waals surface area contributed by atoms with E-state index in [0.29, 0.717) is 36.7 Å². The first-order valence-corrected chi connectivity index (χ1v) is 12.9. The van der Waals surface area contributed by atoms with Gasteiger partial charge < -0.3 is 24.5 Å². The van der Waals surface area contributed by atoms with Gasteiger partial charge in [-0.05, 0) is 79.4 Å². The number of aliphatic hydroxyl groups excluding tert-OH is 1. The van der Waals surface area contributed by atoms with E-state index in [1.165, 1.54) is 12.1 Å². The number of anilines is 2. The molecule has 2 aromatic carbocycles. The van der Waals surface area contributed by atoms with E-state index in [0.717, 1.165) is 49.5 Å². The van der Waals surface area contributed by atoms with Gasteiger partial charge in [-0.3, -0.25) is 4.79 Å². The quantitative estimate of drug-likeness (QED) is 0.546. The van der Waals surface area contributed by atoms with Crippen LogP contribution in [0.25, 0.3) is 11.3 Å². The van der Waals surface area contributed by atoms with Gasteiger partial charge in [0.1, 0.15) is 17.4 Å². The molecule has 0 saturated carbocycles. The van der Waals surface area contributed by atoms with Crippen molar-refractivity contribution < 1.29 is 19.0 Å². The van der Waals surface area contributed by atoms with Crippen molar-refractivity contribution in [1.29, 1.82) is 0 Å². The normalized spacial score (nSPS) is 18.1. The molecular formula is C29H33FN4O3. The second-order valence-corrected chi connectivity index (χ2v) is 9.69. The van der Waals surface area contributed by atoms with Crippen molar-refractivity contribution in [3.05, 3.63) is 72.0 Å². The Morgan fingerprint density at radius 2 is 1.70 bits per heavy atom. The van der Waals surface area contributed by atoms with Gasteiger partial charge in [-0.25, -0.2) is 9.37 Å². The SMILES string of the molecule is COc1ccc(N2CCN(C(=O)c3ccc(-c4ccc(F)cc4)nc3N3CCCC(CO)C3)CC2)cc1. The van der Waals surface area contributed by atoms with Crippen LogP contribution in [0.3, 0.4) is 0 Å². The zero-order chi connectivity index (χ0) is 25.8. The Hall–Kier alpha value is -3.65. The summed E-state index contributed by atoms with van der Waals surface area (Å²) >= 11 is 0. The maximum absolute atomic E-state index is 13.8. The number of halogens is 1. The van der Waals surface area contributed by atoms with Crippen molar-refractivity contribution in [1.82, 2.24) is 9.88 Å². The minimum Gasteiger partial charge on any atom is -0.497 e. The highest BCUT2D eigenvalue weighted by Gasteiger charge is 2.29. The van der Waals surface area contributed by atoms with E-state index in [2.05, 4.69) is 9.80 Å². The average Bonchev–Trinajstić information content (AvgIpc) is 2.97. The lowest BCUT2D eigenvalue weighted by molar-refractivity contribution is 0.0747. The van der Waals surface area contributed by atoms with Crippen molar-refractivity contribution in [3.8, 4) is 17.0 Å². The Morgan fingerprint density at radius 3 is 2.38 bits per heavy atom. The van der Waals surface area contributed by atoms with Crippen molar-refractivity contribution in [2.24, 2.45) is 5.92 Å². The van der Waals surface area contributed by atoms with Crippen LogP contribution in [0.4, 0.5) is 15.9 Å². The Bertz CT molecular complexity index is 1210. The number of carbonyl (C=O) groups excluding carboxylic acids is 1. The van der Waals surface area contributed by atoms with Crippen LogP contribution in [0.1, 0.15) is 23.2 Å². The average molecular weight is 505 g/mol. The lowest BCUT2D eigenvalue weighted by Crippen LogP contribution is -2.49. The molecule has 37 heavy (non-hydrogen) atoms. The molecule has 1 amide bonds. The van der Waals surface area contributed by atoms with E-state index < -0.39 is 0 Å². The van der Waals surface area contributed by atoms with Crippen molar-refractivity contribution in [2.45, 2.75) is 12.8 Å². The van der Waals surface area contributed by atoms with Crippen molar-refractivity contribution in [2.75, 3.05) is 62.8 Å². The number of pyridine rings is 1. The number of nitrogens with zero attached hydrogens (tertiary/aromatic N) is 4. The number of ether oxygens (including phenoxy) is 1. The summed E-state index contributed by atoms with van der Waals surface area (Å²) in [6.45, 7) is 4.26. The molecule has 2 fully saturated rings. The molecule has 1 aromatic heterocycles. The van der Waals surface area contributed by atoms with Crippen LogP contribution >= 0.6 is 0 Å².